The summed E-state index contributed by atoms with van der Waals surface area (Å²) in [5, 5.41) is 5.70. The Kier molecular flexibility index (Phi) is 9.09. The molecule has 2 N–H and O–H groups in total. The van der Waals surface area contributed by atoms with Crippen molar-refractivity contribution in [3.63, 3.8) is 0 Å². The topological polar surface area (TPSA) is 78.5 Å². The summed E-state index contributed by atoms with van der Waals surface area (Å²) in [4.78, 5) is 39.3. The van der Waals surface area contributed by atoms with Crippen LogP contribution in [-0.2, 0) is 15.8 Å². The van der Waals surface area contributed by atoms with Gasteiger partial charge in [-0.3, -0.25) is 14.4 Å². The number of carbonyl (C=O) groups excluding carboxylic acids is 3. The number of likely N-dealkylation sites (tertiary alicyclic amines) is 1. The highest BCUT2D eigenvalue weighted by molar-refractivity contribution is 5.94. The molecular formula is C23H32F3N3O3. The monoisotopic (exact) mass is 455 g/mol. The van der Waals surface area contributed by atoms with Crippen LogP contribution in [0.4, 0.5) is 13.2 Å². The second-order valence-electron chi connectivity index (χ2n) is 8.64. The van der Waals surface area contributed by atoms with E-state index in [1.165, 1.54) is 12.1 Å². The highest BCUT2D eigenvalue weighted by Crippen LogP contribution is 2.29. The van der Waals surface area contributed by atoms with Crippen molar-refractivity contribution < 1.29 is 27.6 Å². The van der Waals surface area contributed by atoms with E-state index in [4.69, 9.17) is 0 Å². The first-order valence-corrected chi connectivity index (χ1v) is 11.1. The number of benzene rings is 1. The molecule has 1 aliphatic rings. The molecule has 0 aromatic heterocycles. The second-order valence-corrected chi connectivity index (χ2v) is 8.64. The van der Waals surface area contributed by atoms with Gasteiger partial charge in [0.15, 0.2) is 0 Å². The predicted molar refractivity (Wildman–Crippen MR) is 115 cm³/mol. The first-order valence-electron chi connectivity index (χ1n) is 11.1. The maximum absolute atomic E-state index is 12.7. The molecule has 6 nitrogen and oxygen atoms in total. The van der Waals surface area contributed by atoms with Crippen LogP contribution < -0.4 is 10.6 Å². The number of piperidine rings is 1. The fourth-order valence-electron chi connectivity index (χ4n) is 3.78. The van der Waals surface area contributed by atoms with E-state index in [1.54, 1.807) is 4.90 Å². The van der Waals surface area contributed by atoms with Gasteiger partial charge in [-0.15, -0.1) is 0 Å². The Labute approximate surface area is 186 Å². The third-order valence-electron chi connectivity index (χ3n) is 5.50. The SMILES string of the molecule is CCCNC(=O)[C@@H](NC(=O)CC(C)C)C1CCN(C(=O)c2ccc(C(F)(F)F)cc2)CC1. The number of amides is 3. The lowest BCUT2D eigenvalue weighted by molar-refractivity contribution is -0.137. The molecule has 1 aromatic rings. The second kappa shape index (κ2) is 11.3. The fraction of sp³-hybridized carbons (Fsp3) is 0.609. The number of nitrogens with one attached hydrogen (secondary N) is 2. The molecule has 1 aromatic carbocycles. The molecule has 32 heavy (non-hydrogen) atoms. The van der Waals surface area contributed by atoms with Gasteiger partial charge in [0, 0.05) is 31.6 Å². The summed E-state index contributed by atoms with van der Waals surface area (Å²) in [6, 6.07) is 3.50. The van der Waals surface area contributed by atoms with Gasteiger partial charge >= 0.3 is 6.18 Å². The molecule has 1 heterocycles. The molecule has 0 radical (unpaired) electrons. The largest absolute Gasteiger partial charge is 0.416 e. The maximum Gasteiger partial charge on any atom is 0.416 e. The predicted octanol–water partition coefficient (Wildman–Crippen LogP) is 3.61. The van der Waals surface area contributed by atoms with Gasteiger partial charge in [-0.05, 0) is 55.4 Å². The minimum absolute atomic E-state index is 0.125. The van der Waals surface area contributed by atoms with Crippen molar-refractivity contribution in [3.05, 3.63) is 35.4 Å². The maximum atomic E-state index is 12.7. The molecule has 1 atom stereocenters. The van der Waals surface area contributed by atoms with E-state index in [-0.39, 0.29) is 35.1 Å². The summed E-state index contributed by atoms with van der Waals surface area (Å²) in [6.45, 7) is 7.04. The summed E-state index contributed by atoms with van der Waals surface area (Å²) in [5.74, 6) is -0.707. The fourth-order valence-corrected chi connectivity index (χ4v) is 3.78. The van der Waals surface area contributed by atoms with Crippen LogP contribution in [0.2, 0.25) is 0 Å². The molecule has 0 bridgehead atoms. The van der Waals surface area contributed by atoms with E-state index < -0.39 is 17.8 Å². The van der Waals surface area contributed by atoms with Gasteiger partial charge in [-0.25, -0.2) is 0 Å². The van der Waals surface area contributed by atoms with Crippen molar-refractivity contribution in [3.8, 4) is 0 Å². The summed E-state index contributed by atoms with van der Waals surface area (Å²) in [6.07, 6.45) is -2.33. The lowest BCUT2D eigenvalue weighted by atomic mass is 9.88. The highest BCUT2D eigenvalue weighted by Gasteiger charge is 2.34. The van der Waals surface area contributed by atoms with Crippen molar-refractivity contribution in [1.29, 1.82) is 0 Å². The number of rotatable bonds is 8. The van der Waals surface area contributed by atoms with Gasteiger partial charge in [-0.2, -0.15) is 13.2 Å². The zero-order valence-electron chi connectivity index (χ0n) is 18.8. The Hall–Kier alpha value is -2.58. The van der Waals surface area contributed by atoms with Gasteiger partial charge in [-0.1, -0.05) is 20.8 Å². The van der Waals surface area contributed by atoms with E-state index in [9.17, 15) is 27.6 Å². The molecule has 9 heteroatoms. The molecule has 0 unspecified atom stereocenters. The van der Waals surface area contributed by atoms with E-state index in [1.807, 2.05) is 20.8 Å². The van der Waals surface area contributed by atoms with Gasteiger partial charge in [0.25, 0.3) is 5.91 Å². The van der Waals surface area contributed by atoms with Crippen molar-refractivity contribution in [1.82, 2.24) is 15.5 Å². The molecule has 1 fully saturated rings. The molecule has 0 spiro atoms. The lowest BCUT2D eigenvalue weighted by Crippen LogP contribution is -2.54. The average Bonchev–Trinajstić information content (AvgIpc) is 2.74. The minimum Gasteiger partial charge on any atom is -0.354 e. The van der Waals surface area contributed by atoms with Crippen LogP contribution in [0.25, 0.3) is 0 Å². The number of alkyl halides is 3. The Bertz CT molecular complexity index is 786. The molecule has 0 aliphatic carbocycles. The molecule has 1 saturated heterocycles. The van der Waals surface area contributed by atoms with Crippen molar-refractivity contribution >= 4 is 17.7 Å². The van der Waals surface area contributed by atoms with Gasteiger partial charge in [0.1, 0.15) is 6.04 Å². The number of nitrogens with zero attached hydrogens (tertiary/aromatic N) is 1. The Balaban J connectivity index is 2.02. The van der Waals surface area contributed by atoms with Crippen LogP contribution >= 0.6 is 0 Å². The van der Waals surface area contributed by atoms with Crippen LogP contribution in [-0.4, -0.2) is 48.3 Å². The van der Waals surface area contributed by atoms with Crippen molar-refractivity contribution in [2.24, 2.45) is 11.8 Å². The first-order chi connectivity index (χ1) is 15.0. The number of hydrogen-bond acceptors (Lipinski definition) is 3. The molecule has 178 valence electrons. The smallest absolute Gasteiger partial charge is 0.354 e. The summed E-state index contributed by atoms with van der Waals surface area (Å²) >= 11 is 0. The van der Waals surface area contributed by atoms with Crippen molar-refractivity contribution in [2.75, 3.05) is 19.6 Å². The Morgan fingerprint density at radius 1 is 1.09 bits per heavy atom. The quantitative estimate of drug-likeness (QED) is 0.629. The summed E-state index contributed by atoms with van der Waals surface area (Å²) < 4.78 is 38.2. The minimum atomic E-state index is -4.45. The van der Waals surface area contributed by atoms with Crippen LogP contribution in [0.1, 0.15) is 62.4 Å². The van der Waals surface area contributed by atoms with Crippen LogP contribution in [0.3, 0.4) is 0 Å². The summed E-state index contributed by atoms with van der Waals surface area (Å²) in [7, 11) is 0. The van der Waals surface area contributed by atoms with E-state index in [2.05, 4.69) is 10.6 Å². The number of halogens is 3. The van der Waals surface area contributed by atoms with Crippen LogP contribution in [0.5, 0.6) is 0 Å². The van der Waals surface area contributed by atoms with Gasteiger partial charge in [0.2, 0.25) is 11.8 Å². The molecule has 0 saturated carbocycles. The average molecular weight is 456 g/mol. The Morgan fingerprint density at radius 3 is 2.19 bits per heavy atom. The summed E-state index contributed by atoms with van der Waals surface area (Å²) in [5.41, 5.74) is -0.607. The van der Waals surface area contributed by atoms with Crippen molar-refractivity contribution in [2.45, 2.75) is 58.7 Å². The zero-order valence-corrected chi connectivity index (χ0v) is 18.8. The zero-order chi connectivity index (χ0) is 23.9. The third-order valence-corrected chi connectivity index (χ3v) is 5.50. The van der Waals surface area contributed by atoms with E-state index in [0.29, 0.717) is 38.9 Å². The number of hydrogen-bond donors (Lipinski definition) is 2. The van der Waals surface area contributed by atoms with Gasteiger partial charge < -0.3 is 15.5 Å². The Morgan fingerprint density at radius 2 is 1.69 bits per heavy atom. The van der Waals surface area contributed by atoms with E-state index >= 15 is 0 Å². The number of carbonyl (C=O) groups is 3. The van der Waals surface area contributed by atoms with Crippen LogP contribution in [0.15, 0.2) is 24.3 Å². The molecular weight excluding hydrogens is 423 g/mol. The van der Waals surface area contributed by atoms with Gasteiger partial charge in [0.05, 0.1) is 5.56 Å². The first kappa shape index (κ1) is 25.7. The normalized spacial score (nSPS) is 16.0. The highest BCUT2D eigenvalue weighted by atomic mass is 19.4. The standard InChI is InChI=1S/C23H32F3N3O3/c1-4-11-27-21(31)20(28-19(30)14-15(2)3)16-9-12-29(13-10-16)22(32)17-5-7-18(8-6-17)23(24,25)26/h5-8,15-16,20H,4,9-14H2,1-3H3,(H,27,31)(H,28,30)/t20-/m0/s1. The van der Waals surface area contributed by atoms with E-state index in [0.717, 1.165) is 18.6 Å². The molecule has 1 aliphatic heterocycles. The lowest BCUT2D eigenvalue weighted by Gasteiger charge is -2.36. The van der Waals surface area contributed by atoms with Crippen LogP contribution in [0, 0.1) is 11.8 Å². The third kappa shape index (κ3) is 7.24. The molecule has 2 rings (SSSR count). The molecule has 3 amide bonds.